The highest BCUT2D eigenvalue weighted by Gasteiger charge is 2.23. The SMILES string of the molecule is CNCc1cc(N(C)C)ccc1-c1nc2c(s1)C(O)CCC2. The highest BCUT2D eigenvalue weighted by atomic mass is 32.1. The summed E-state index contributed by atoms with van der Waals surface area (Å²) in [5, 5.41) is 14.4. The Labute approximate surface area is 135 Å². The second kappa shape index (κ2) is 6.36. The van der Waals surface area contributed by atoms with Crippen molar-refractivity contribution in [3.8, 4) is 10.6 Å². The van der Waals surface area contributed by atoms with Gasteiger partial charge in [-0.1, -0.05) is 0 Å². The number of benzene rings is 1. The summed E-state index contributed by atoms with van der Waals surface area (Å²) in [6.07, 6.45) is 2.54. The predicted molar refractivity (Wildman–Crippen MR) is 92.5 cm³/mol. The van der Waals surface area contributed by atoms with Crippen LogP contribution in [-0.2, 0) is 13.0 Å². The van der Waals surface area contributed by atoms with Gasteiger partial charge in [-0.15, -0.1) is 11.3 Å². The Morgan fingerprint density at radius 3 is 2.91 bits per heavy atom. The molecule has 1 aromatic carbocycles. The third kappa shape index (κ3) is 2.89. The maximum absolute atomic E-state index is 10.2. The summed E-state index contributed by atoms with van der Waals surface area (Å²) < 4.78 is 0. The Hall–Kier alpha value is -1.43. The lowest BCUT2D eigenvalue weighted by Gasteiger charge is -2.16. The van der Waals surface area contributed by atoms with E-state index in [9.17, 15) is 5.11 Å². The second-order valence-corrected chi connectivity index (χ2v) is 7.03. The van der Waals surface area contributed by atoms with Gasteiger partial charge in [0.05, 0.1) is 16.7 Å². The van der Waals surface area contributed by atoms with Gasteiger partial charge in [0.1, 0.15) is 5.01 Å². The van der Waals surface area contributed by atoms with Crippen LogP contribution < -0.4 is 10.2 Å². The van der Waals surface area contributed by atoms with E-state index in [0.717, 1.165) is 41.4 Å². The standard InChI is InChI=1S/C17H23N3OS/c1-18-10-11-9-12(20(2)3)7-8-13(11)17-19-14-5-4-6-15(21)16(14)22-17/h7-9,15,18,21H,4-6,10H2,1-3H3. The average Bonchev–Trinajstić information content (AvgIpc) is 2.93. The topological polar surface area (TPSA) is 48.4 Å². The molecule has 0 saturated carbocycles. The van der Waals surface area contributed by atoms with Crippen molar-refractivity contribution in [3.05, 3.63) is 34.3 Å². The van der Waals surface area contributed by atoms with Gasteiger partial charge in [-0.2, -0.15) is 0 Å². The highest BCUT2D eigenvalue weighted by molar-refractivity contribution is 7.15. The molecular formula is C17H23N3OS. The number of thiazole rings is 1. The number of nitrogens with zero attached hydrogens (tertiary/aromatic N) is 2. The predicted octanol–water partition coefficient (Wildman–Crippen LogP) is 2.97. The van der Waals surface area contributed by atoms with Gasteiger partial charge in [0.25, 0.3) is 0 Å². The number of hydrogen-bond acceptors (Lipinski definition) is 5. The quantitative estimate of drug-likeness (QED) is 0.910. The zero-order chi connectivity index (χ0) is 15.7. The number of fused-ring (bicyclic) bond motifs is 1. The number of anilines is 1. The molecule has 22 heavy (non-hydrogen) atoms. The van der Waals surface area contributed by atoms with Crippen LogP contribution in [0.4, 0.5) is 5.69 Å². The van der Waals surface area contributed by atoms with Gasteiger partial charge in [-0.25, -0.2) is 4.98 Å². The Morgan fingerprint density at radius 1 is 1.41 bits per heavy atom. The first-order chi connectivity index (χ1) is 10.6. The molecule has 4 nitrogen and oxygen atoms in total. The number of aliphatic hydroxyl groups is 1. The van der Waals surface area contributed by atoms with E-state index >= 15 is 0 Å². The third-order valence-corrected chi connectivity index (χ3v) is 5.36. The van der Waals surface area contributed by atoms with Gasteiger partial charge in [0.15, 0.2) is 0 Å². The van der Waals surface area contributed by atoms with Crippen LogP contribution >= 0.6 is 11.3 Å². The smallest absolute Gasteiger partial charge is 0.124 e. The Balaban J connectivity index is 2.04. The first-order valence-corrected chi connectivity index (χ1v) is 8.54. The molecular weight excluding hydrogens is 294 g/mol. The van der Waals surface area contributed by atoms with E-state index in [2.05, 4.69) is 42.5 Å². The van der Waals surface area contributed by atoms with E-state index in [-0.39, 0.29) is 6.10 Å². The number of aryl methyl sites for hydroxylation is 1. The highest BCUT2D eigenvalue weighted by Crippen LogP contribution is 2.39. The molecule has 1 unspecified atom stereocenters. The van der Waals surface area contributed by atoms with Crippen LogP contribution in [0.15, 0.2) is 18.2 Å². The fraction of sp³-hybridized carbons (Fsp3) is 0.471. The van der Waals surface area contributed by atoms with Crippen LogP contribution in [0.3, 0.4) is 0 Å². The number of hydrogen-bond donors (Lipinski definition) is 2. The van der Waals surface area contributed by atoms with Crippen molar-refractivity contribution in [1.29, 1.82) is 0 Å². The molecule has 0 spiro atoms. The van der Waals surface area contributed by atoms with Crippen LogP contribution in [0.1, 0.15) is 35.1 Å². The second-order valence-electron chi connectivity index (χ2n) is 6.00. The molecule has 3 rings (SSSR count). The van der Waals surface area contributed by atoms with E-state index in [1.165, 1.54) is 16.8 Å². The van der Waals surface area contributed by atoms with Gasteiger partial charge in [0.2, 0.25) is 0 Å². The minimum atomic E-state index is -0.330. The summed E-state index contributed by atoms with van der Waals surface area (Å²) in [5.41, 5.74) is 4.70. The average molecular weight is 317 g/mol. The first-order valence-electron chi connectivity index (χ1n) is 7.73. The monoisotopic (exact) mass is 317 g/mol. The lowest BCUT2D eigenvalue weighted by atomic mass is 10.0. The van der Waals surface area contributed by atoms with Crippen molar-refractivity contribution < 1.29 is 5.11 Å². The van der Waals surface area contributed by atoms with E-state index < -0.39 is 0 Å². The minimum Gasteiger partial charge on any atom is -0.388 e. The molecule has 0 amide bonds. The van der Waals surface area contributed by atoms with E-state index in [4.69, 9.17) is 4.98 Å². The first kappa shape index (κ1) is 15.5. The minimum absolute atomic E-state index is 0.330. The van der Waals surface area contributed by atoms with Crippen LogP contribution in [-0.4, -0.2) is 31.2 Å². The van der Waals surface area contributed by atoms with E-state index in [1.807, 2.05) is 7.05 Å². The zero-order valence-corrected chi connectivity index (χ0v) is 14.2. The molecule has 1 aromatic heterocycles. The summed E-state index contributed by atoms with van der Waals surface area (Å²) in [7, 11) is 6.07. The molecule has 2 aromatic rings. The van der Waals surface area contributed by atoms with Gasteiger partial charge >= 0.3 is 0 Å². The molecule has 118 valence electrons. The van der Waals surface area contributed by atoms with Crippen molar-refractivity contribution in [2.45, 2.75) is 31.9 Å². The summed E-state index contributed by atoms with van der Waals surface area (Å²) >= 11 is 1.65. The van der Waals surface area contributed by atoms with E-state index in [0.29, 0.717) is 0 Å². The molecule has 0 fully saturated rings. The van der Waals surface area contributed by atoms with Crippen molar-refractivity contribution >= 4 is 17.0 Å². The molecule has 5 heteroatoms. The van der Waals surface area contributed by atoms with Crippen molar-refractivity contribution in [3.63, 3.8) is 0 Å². The molecule has 2 N–H and O–H groups in total. The summed E-state index contributed by atoms with van der Waals surface area (Å²) in [4.78, 5) is 7.98. The normalized spacial score (nSPS) is 17.4. The lowest BCUT2D eigenvalue weighted by Crippen LogP contribution is -2.11. The van der Waals surface area contributed by atoms with Crippen molar-refractivity contribution in [1.82, 2.24) is 10.3 Å². The Bertz CT molecular complexity index is 666. The van der Waals surface area contributed by atoms with Crippen LogP contribution in [0, 0.1) is 0 Å². The molecule has 1 atom stereocenters. The molecule has 0 saturated heterocycles. The van der Waals surface area contributed by atoms with Crippen LogP contribution in [0.2, 0.25) is 0 Å². The van der Waals surface area contributed by atoms with Gasteiger partial charge in [-0.3, -0.25) is 0 Å². The maximum Gasteiger partial charge on any atom is 0.124 e. The van der Waals surface area contributed by atoms with Crippen LogP contribution in [0.25, 0.3) is 10.6 Å². The molecule has 1 heterocycles. The van der Waals surface area contributed by atoms with Crippen molar-refractivity contribution in [2.75, 3.05) is 26.0 Å². The molecule has 0 bridgehead atoms. The number of nitrogens with one attached hydrogen (secondary N) is 1. The van der Waals surface area contributed by atoms with Gasteiger partial charge < -0.3 is 15.3 Å². The molecule has 0 aliphatic heterocycles. The van der Waals surface area contributed by atoms with E-state index in [1.54, 1.807) is 11.3 Å². The fourth-order valence-electron chi connectivity index (χ4n) is 2.92. The number of aromatic nitrogens is 1. The Kier molecular flexibility index (Phi) is 4.47. The molecule has 1 aliphatic carbocycles. The Morgan fingerprint density at radius 2 is 2.23 bits per heavy atom. The van der Waals surface area contributed by atoms with Gasteiger partial charge in [-0.05, 0) is 50.1 Å². The molecule has 0 radical (unpaired) electrons. The van der Waals surface area contributed by atoms with Gasteiger partial charge in [0, 0.05) is 31.9 Å². The molecule has 1 aliphatic rings. The van der Waals surface area contributed by atoms with Crippen LogP contribution in [0.5, 0.6) is 0 Å². The summed E-state index contributed by atoms with van der Waals surface area (Å²) in [6.45, 7) is 0.809. The van der Waals surface area contributed by atoms with Crippen molar-refractivity contribution in [2.24, 2.45) is 0 Å². The maximum atomic E-state index is 10.2. The number of aliphatic hydroxyl groups excluding tert-OH is 1. The fourth-order valence-corrected chi connectivity index (χ4v) is 4.11. The third-order valence-electron chi connectivity index (χ3n) is 4.12. The zero-order valence-electron chi connectivity index (χ0n) is 13.4. The number of rotatable bonds is 4. The lowest BCUT2D eigenvalue weighted by molar-refractivity contribution is 0.160. The largest absolute Gasteiger partial charge is 0.388 e. The summed E-state index contributed by atoms with van der Waals surface area (Å²) in [5.74, 6) is 0. The summed E-state index contributed by atoms with van der Waals surface area (Å²) in [6, 6.07) is 6.49.